The zero-order valence-electron chi connectivity index (χ0n) is 27.7. The van der Waals surface area contributed by atoms with Crippen LogP contribution < -0.4 is 9.47 Å². The van der Waals surface area contributed by atoms with Crippen LogP contribution in [0.3, 0.4) is 0 Å². The van der Waals surface area contributed by atoms with Crippen LogP contribution in [0.15, 0.2) is 61.7 Å². The maximum absolute atomic E-state index is 13.1. The summed E-state index contributed by atoms with van der Waals surface area (Å²) < 4.78 is 33.7. The number of carbonyl (C=O) groups is 4. The molecular weight excluding hydrogens is 616 g/mol. The third-order valence-corrected chi connectivity index (χ3v) is 8.89. The molecule has 4 rings (SSSR count). The quantitative estimate of drug-likeness (QED) is 0.0726. The normalized spacial score (nSPS) is 20.8. The number of fused-ring (bicyclic) bond motifs is 1. The fourth-order valence-corrected chi connectivity index (χ4v) is 6.11. The van der Waals surface area contributed by atoms with Crippen molar-refractivity contribution in [1.29, 1.82) is 0 Å². The molecule has 0 radical (unpaired) electrons. The first-order valence-electron chi connectivity index (χ1n) is 17.1. The second-order valence-corrected chi connectivity index (χ2v) is 12.3. The van der Waals surface area contributed by atoms with Gasteiger partial charge in [0.2, 0.25) is 0 Å². The van der Waals surface area contributed by atoms with Crippen LogP contribution in [0.25, 0.3) is 10.8 Å². The number of rotatable bonds is 18. The maximum Gasteiger partial charge on any atom is 0.330 e. The predicted molar refractivity (Wildman–Crippen MR) is 179 cm³/mol. The number of ether oxygens (including phenoxy) is 6. The lowest BCUT2D eigenvalue weighted by molar-refractivity contribution is -0.142. The van der Waals surface area contributed by atoms with Crippen molar-refractivity contribution in [2.75, 3.05) is 26.4 Å². The van der Waals surface area contributed by atoms with Gasteiger partial charge in [-0.2, -0.15) is 0 Å². The van der Waals surface area contributed by atoms with E-state index in [1.54, 1.807) is 12.1 Å². The molecule has 2 saturated carbocycles. The predicted octanol–water partition coefficient (Wildman–Crippen LogP) is 6.82. The molecule has 0 atom stereocenters. The van der Waals surface area contributed by atoms with Crippen LogP contribution in [0.1, 0.15) is 77.0 Å². The van der Waals surface area contributed by atoms with Crippen LogP contribution in [0, 0.1) is 11.8 Å². The molecule has 0 aromatic heterocycles. The summed E-state index contributed by atoms with van der Waals surface area (Å²) in [4.78, 5) is 48.5. The van der Waals surface area contributed by atoms with Crippen molar-refractivity contribution in [2.24, 2.45) is 11.8 Å². The zero-order valence-corrected chi connectivity index (χ0v) is 27.7. The van der Waals surface area contributed by atoms with Crippen molar-refractivity contribution >= 4 is 34.6 Å². The average Bonchev–Trinajstić information content (AvgIpc) is 3.12. The zero-order chi connectivity index (χ0) is 34.1. The molecule has 0 bridgehead atoms. The summed E-state index contributed by atoms with van der Waals surface area (Å²) >= 11 is 0. The minimum atomic E-state index is -0.416. The Labute approximate surface area is 282 Å². The van der Waals surface area contributed by atoms with Gasteiger partial charge >= 0.3 is 23.9 Å². The molecule has 0 spiro atoms. The maximum atomic E-state index is 13.1. The lowest BCUT2D eigenvalue weighted by atomic mass is 9.87. The van der Waals surface area contributed by atoms with Crippen LogP contribution in [-0.2, 0) is 38.1 Å². The van der Waals surface area contributed by atoms with Gasteiger partial charge in [-0.3, -0.25) is 9.59 Å². The number of hydrogen-bond acceptors (Lipinski definition) is 10. The van der Waals surface area contributed by atoms with Crippen molar-refractivity contribution in [3.05, 3.63) is 61.7 Å². The summed E-state index contributed by atoms with van der Waals surface area (Å²) in [5.74, 6) is -0.877. The summed E-state index contributed by atoms with van der Waals surface area (Å²) in [6.07, 6.45) is 11.4. The lowest BCUT2D eigenvalue weighted by Gasteiger charge is -2.28. The fourth-order valence-electron chi connectivity index (χ4n) is 6.11. The molecule has 2 aromatic carbocycles. The number of hydrogen-bond donors (Lipinski definition) is 0. The van der Waals surface area contributed by atoms with E-state index in [1.807, 2.05) is 24.3 Å². The molecule has 0 unspecified atom stereocenters. The van der Waals surface area contributed by atoms with Crippen LogP contribution in [0.5, 0.6) is 11.5 Å². The van der Waals surface area contributed by atoms with E-state index < -0.39 is 11.9 Å². The van der Waals surface area contributed by atoms with Gasteiger partial charge in [0.15, 0.2) is 0 Å². The van der Waals surface area contributed by atoms with Crippen LogP contribution in [0.4, 0.5) is 0 Å². The Morgan fingerprint density at radius 2 is 0.938 bits per heavy atom. The monoisotopic (exact) mass is 664 g/mol. The molecule has 0 aliphatic heterocycles. The molecule has 0 saturated heterocycles. The standard InChI is InChI=1S/C38H48O10/c1-3-35(39)45-25-9-7-23-43-29-17-13-27(14-18-29)37(41)47-33-21-22-34(32-12-6-5-11-31(32)33)48-38(42)28-15-19-30(20-16-28)44-24-8-10-26-46-36(40)4-2/h3-6,11-12,21-22,27-30H,1-2,7-10,13-20,23-26H2. The summed E-state index contributed by atoms with van der Waals surface area (Å²) in [6.45, 7) is 8.63. The molecule has 2 aromatic rings. The van der Waals surface area contributed by atoms with Gasteiger partial charge in [0.25, 0.3) is 0 Å². The summed E-state index contributed by atoms with van der Waals surface area (Å²) in [5.41, 5.74) is 0. The Morgan fingerprint density at radius 3 is 1.31 bits per heavy atom. The van der Waals surface area contributed by atoms with Crippen LogP contribution in [0.2, 0.25) is 0 Å². The minimum Gasteiger partial charge on any atom is -0.463 e. The molecule has 0 N–H and O–H groups in total. The third-order valence-electron chi connectivity index (χ3n) is 8.89. The Kier molecular flexibility index (Phi) is 15.1. The van der Waals surface area contributed by atoms with E-state index in [9.17, 15) is 19.2 Å². The lowest BCUT2D eigenvalue weighted by Crippen LogP contribution is -2.29. The van der Waals surface area contributed by atoms with Gasteiger partial charge in [-0.25, -0.2) is 9.59 Å². The van der Waals surface area contributed by atoms with E-state index >= 15 is 0 Å². The molecule has 2 aliphatic rings. The molecule has 10 heteroatoms. The van der Waals surface area contributed by atoms with Crippen molar-refractivity contribution in [3.8, 4) is 11.5 Å². The van der Waals surface area contributed by atoms with Gasteiger partial charge in [-0.15, -0.1) is 0 Å². The smallest absolute Gasteiger partial charge is 0.330 e. The highest BCUT2D eigenvalue weighted by atomic mass is 16.5. The SMILES string of the molecule is C=CC(=O)OCCCCOC1CCC(C(=O)Oc2ccc(OC(=O)C3CCC(OCCCCOC(=O)C=C)CC3)c3ccccc23)CC1. The van der Waals surface area contributed by atoms with E-state index in [0.717, 1.165) is 63.5 Å². The molecule has 0 heterocycles. The Bertz CT molecular complexity index is 1280. The summed E-state index contributed by atoms with van der Waals surface area (Å²) in [7, 11) is 0. The van der Waals surface area contributed by atoms with Gasteiger partial charge in [0.1, 0.15) is 11.5 Å². The molecule has 48 heavy (non-hydrogen) atoms. The summed E-state index contributed by atoms with van der Waals surface area (Å²) in [5, 5.41) is 1.42. The Hall–Kier alpha value is -4.02. The highest BCUT2D eigenvalue weighted by Gasteiger charge is 2.30. The second kappa shape index (κ2) is 19.7. The van der Waals surface area contributed by atoms with E-state index in [-0.39, 0.29) is 36.0 Å². The number of esters is 4. The van der Waals surface area contributed by atoms with Gasteiger partial charge in [-0.1, -0.05) is 37.4 Å². The number of unbranched alkanes of at least 4 members (excludes halogenated alkanes) is 2. The van der Waals surface area contributed by atoms with E-state index in [1.165, 1.54) is 0 Å². The molecule has 10 nitrogen and oxygen atoms in total. The van der Waals surface area contributed by atoms with Gasteiger partial charge in [0.05, 0.1) is 37.3 Å². The topological polar surface area (TPSA) is 124 Å². The largest absolute Gasteiger partial charge is 0.463 e. The average molecular weight is 665 g/mol. The van der Waals surface area contributed by atoms with E-state index in [0.29, 0.717) is 74.4 Å². The highest BCUT2D eigenvalue weighted by molar-refractivity contribution is 5.96. The van der Waals surface area contributed by atoms with E-state index in [4.69, 9.17) is 28.4 Å². The van der Waals surface area contributed by atoms with Crippen molar-refractivity contribution < 1.29 is 47.6 Å². The molecule has 0 amide bonds. The van der Waals surface area contributed by atoms with Gasteiger partial charge in [0, 0.05) is 36.1 Å². The van der Waals surface area contributed by atoms with Gasteiger partial charge in [-0.05, 0) is 89.2 Å². The molecular formula is C38H48O10. The first-order chi connectivity index (χ1) is 23.4. The molecule has 2 fully saturated rings. The van der Waals surface area contributed by atoms with Crippen LogP contribution in [-0.4, -0.2) is 62.5 Å². The van der Waals surface area contributed by atoms with Crippen LogP contribution >= 0.6 is 0 Å². The second-order valence-electron chi connectivity index (χ2n) is 12.3. The number of benzene rings is 2. The first-order valence-corrected chi connectivity index (χ1v) is 17.1. The highest BCUT2D eigenvalue weighted by Crippen LogP contribution is 2.36. The van der Waals surface area contributed by atoms with Crippen molar-refractivity contribution in [1.82, 2.24) is 0 Å². The van der Waals surface area contributed by atoms with Gasteiger partial charge < -0.3 is 28.4 Å². The third kappa shape index (κ3) is 11.6. The molecule has 2 aliphatic carbocycles. The Morgan fingerprint density at radius 1 is 0.562 bits per heavy atom. The number of carbonyl (C=O) groups excluding carboxylic acids is 4. The van der Waals surface area contributed by atoms with Crippen molar-refractivity contribution in [3.63, 3.8) is 0 Å². The Balaban J connectivity index is 1.19. The molecule has 260 valence electrons. The summed E-state index contributed by atoms with van der Waals surface area (Å²) in [6, 6.07) is 10.9. The first kappa shape index (κ1) is 36.8. The fraction of sp³-hybridized carbons (Fsp3) is 0.526. The van der Waals surface area contributed by atoms with E-state index in [2.05, 4.69) is 13.2 Å². The van der Waals surface area contributed by atoms with Crippen molar-refractivity contribution in [2.45, 2.75) is 89.3 Å². The minimum absolute atomic E-state index is 0.106.